The second-order valence-corrected chi connectivity index (χ2v) is 9.81. The van der Waals surface area contributed by atoms with Crippen LogP contribution in [-0.4, -0.2) is 58.9 Å². The van der Waals surface area contributed by atoms with Crippen LogP contribution in [0.5, 0.6) is 0 Å². The fourth-order valence-electron chi connectivity index (χ4n) is 3.80. The fourth-order valence-corrected chi connectivity index (χ4v) is 3.80. The lowest BCUT2D eigenvalue weighted by Crippen LogP contribution is -2.34. The third-order valence-electron chi connectivity index (χ3n) is 5.76. The van der Waals surface area contributed by atoms with E-state index in [0.717, 1.165) is 19.3 Å². The van der Waals surface area contributed by atoms with Crippen LogP contribution in [0.3, 0.4) is 0 Å². The van der Waals surface area contributed by atoms with Gasteiger partial charge in [-0.1, -0.05) is 90.4 Å². The number of carbonyl (C=O) groups excluding carboxylic acids is 1. The largest absolute Gasteiger partial charge is 0.487 e. The van der Waals surface area contributed by atoms with E-state index >= 15 is 0 Å². The monoisotopic (exact) mass is 472 g/mol. The highest BCUT2D eigenvalue weighted by Gasteiger charge is 2.42. The van der Waals surface area contributed by atoms with Crippen molar-refractivity contribution in [2.75, 3.05) is 19.8 Å². The number of aliphatic hydroxyl groups is 3. The van der Waals surface area contributed by atoms with E-state index in [9.17, 15) is 20.1 Å². The smallest absolute Gasteiger partial charge is 0.378 e. The molecule has 194 valence electrons. The van der Waals surface area contributed by atoms with Gasteiger partial charge >= 0.3 is 5.97 Å². The Morgan fingerprint density at radius 3 is 1.82 bits per heavy atom. The molecule has 0 aromatic rings. The Balaban J connectivity index is 2.21. The molecule has 7 heteroatoms. The summed E-state index contributed by atoms with van der Waals surface area (Å²) in [6.45, 7) is 5.05. The van der Waals surface area contributed by atoms with Gasteiger partial charge in [0, 0.05) is 0 Å². The van der Waals surface area contributed by atoms with Crippen LogP contribution in [-0.2, 0) is 19.0 Å². The summed E-state index contributed by atoms with van der Waals surface area (Å²) in [5.41, 5.74) is -1.13. The number of cyclic esters (lactones) is 1. The molecule has 0 spiro atoms. The number of esters is 1. The van der Waals surface area contributed by atoms with Crippen molar-refractivity contribution in [3.05, 3.63) is 11.5 Å². The molecule has 0 aromatic carbocycles. The normalized spacial score (nSPS) is 17.4. The van der Waals surface area contributed by atoms with Crippen LogP contribution in [0, 0.1) is 0 Å². The summed E-state index contributed by atoms with van der Waals surface area (Å²) < 4.78 is 16.3. The van der Waals surface area contributed by atoms with Crippen molar-refractivity contribution in [2.45, 2.75) is 128 Å². The van der Waals surface area contributed by atoms with Gasteiger partial charge in [-0.2, -0.15) is 0 Å². The molecule has 1 aliphatic rings. The molecule has 0 aromatic heterocycles. The molecule has 3 N–H and O–H groups in total. The number of unbranched alkanes of at least 4 members (excludes halogenated alkanes) is 13. The van der Waals surface area contributed by atoms with Crippen molar-refractivity contribution in [3.8, 4) is 0 Å². The quantitative estimate of drug-likeness (QED) is 0.163. The van der Waals surface area contributed by atoms with Crippen LogP contribution in [0.1, 0.15) is 111 Å². The Bertz CT molecular complexity index is 553. The Morgan fingerprint density at radius 2 is 1.36 bits per heavy atom. The molecule has 0 unspecified atom stereocenters. The lowest BCUT2D eigenvalue weighted by molar-refractivity contribution is -0.149. The summed E-state index contributed by atoms with van der Waals surface area (Å²) in [5.74, 6) is -0.760. The molecule has 0 aliphatic carbocycles. The number of rotatable bonds is 21. The molecule has 0 bridgehead atoms. The SMILES string of the molecule is CCCCCCCCCCCCCCCCOC1=C(OCC(C)(C)O)[C@@H]([C@@H](O)CO)OC1=O. The molecular formula is C26H48O7. The van der Waals surface area contributed by atoms with Gasteiger partial charge < -0.3 is 29.5 Å². The molecule has 1 rings (SSSR count). The van der Waals surface area contributed by atoms with E-state index in [1.807, 2.05) is 0 Å². The van der Waals surface area contributed by atoms with Crippen molar-refractivity contribution in [3.63, 3.8) is 0 Å². The second-order valence-electron chi connectivity index (χ2n) is 9.81. The molecular weight excluding hydrogens is 424 g/mol. The first-order chi connectivity index (χ1) is 15.8. The number of carbonyl (C=O) groups is 1. The van der Waals surface area contributed by atoms with Gasteiger partial charge in [-0.3, -0.25) is 0 Å². The molecule has 2 atom stereocenters. The van der Waals surface area contributed by atoms with Gasteiger partial charge in [0.05, 0.1) is 18.8 Å². The first-order valence-corrected chi connectivity index (χ1v) is 13.0. The zero-order chi connectivity index (χ0) is 24.5. The average molecular weight is 473 g/mol. The van der Waals surface area contributed by atoms with E-state index in [1.165, 1.54) is 70.6 Å². The maximum atomic E-state index is 12.2. The minimum Gasteiger partial charge on any atom is -0.487 e. The number of aliphatic hydroxyl groups excluding tert-OH is 2. The first kappa shape index (κ1) is 29.7. The fraction of sp³-hybridized carbons (Fsp3) is 0.885. The maximum absolute atomic E-state index is 12.2. The number of ether oxygens (including phenoxy) is 3. The van der Waals surface area contributed by atoms with E-state index in [0.29, 0.717) is 6.61 Å². The highest BCUT2D eigenvalue weighted by Crippen LogP contribution is 2.28. The van der Waals surface area contributed by atoms with E-state index in [1.54, 1.807) is 13.8 Å². The zero-order valence-electron chi connectivity index (χ0n) is 21.2. The zero-order valence-corrected chi connectivity index (χ0v) is 21.2. The third kappa shape index (κ3) is 13.2. The molecule has 0 fully saturated rings. The summed E-state index contributed by atoms with van der Waals surface area (Å²) in [6.07, 6.45) is 15.2. The van der Waals surface area contributed by atoms with Gasteiger partial charge in [0.2, 0.25) is 5.76 Å². The van der Waals surface area contributed by atoms with Gasteiger partial charge in [-0.25, -0.2) is 4.79 Å². The van der Waals surface area contributed by atoms with Crippen LogP contribution in [0.15, 0.2) is 11.5 Å². The Hall–Kier alpha value is -1.31. The predicted octanol–water partition coefficient (Wildman–Crippen LogP) is 4.76. The maximum Gasteiger partial charge on any atom is 0.378 e. The topological polar surface area (TPSA) is 105 Å². The molecule has 33 heavy (non-hydrogen) atoms. The van der Waals surface area contributed by atoms with Crippen LogP contribution in [0.2, 0.25) is 0 Å². The molecule has 1 aliphatic heterocycles. The summed E-state index contributed by atoms with van der Waals surface area (Å²) >= 11 is 0. The van der Waals surface area contributed by atoms with Crippen molar-refractivity contribution in [2.24, 2.45) is 0 Å². The lowest BCUT2D eigenvalue weighted by atomic mass is 10.0. The highest BCUT2D eigenvalue weighted by molar-refractivity contribution is 5.89. The Morgan fingerprint density at radius 1 is 0.879 bits per heavy atom. The van der Waals surface area contributed by atoms with Crippen LogP contribution < -0.4 is 0 Å². The molecule has 0 amide bonds. The summed E-state index contributed by atoms with van der Waals surface area (Å²) in [7, 11) is 0. The molecule has 0 radical (unpaired) electrons. The standard InChI is InChI=1S/C26H48O7/c1-4-5-6-7-8-9-10-11-12-13-14-15-16-17-18-31-24-23(32-20-26(2,3)30)22(21(28)19-27)33-25(24)29/h21-22,27-28,30H,4-20H2,1-3H3/t21-,22+/m0/s1. The van der Waals surface area contributed by atoms with Gasteiger partial charge in [0.1, 0.15) is 12.7 Å². The second kappa shape index (κ2) is 17.2. The molecule has 0 saturated heterocycles. The first-order valence-electron chi connectivity index (χ1n) is 13.0. The van der Waals surface area contributed by atoms with Gasteiger partial charge in [0.15, 0.2) is 11.9 Å². The highest BCUT2D eigenvalue weighted by atomic mass is 16.6. The lowest BCUT2D eigenvalue weighted by Gasteiger charge is -2.22. The minimum absolute atomic E-state index is 0.0361. The van der Waals surface area contributed by atoms with Crippen LogP contribution >= 0.6 is 0 Å². The van der Waals surface area contributed by atoms with Gasteiger partial charge in [-0.15, -0.1) is 0 Å². The minimum atomic E-state index is -1.31. The average Bonchev–Trinajstić information content (AvgIpc) is 3.09. The third-order valence-corrected chi connectivity index (χ3v) is 5.76. The Labute approximate surface area is 200 Å². The van der Waals surface area contributed by atoms with E-state index in [-0.39, 0.29) is 18.1 Å². The van der Waals surface area contributed by atoms with Gasteiger partial charge in [0.25, 0.3) is 0 Å². The van der Waals surface area contributed by atoms with Crippen molar-refractivity contribution in [1.29, 1.82) is 0 Å². The Kier molecular flexibility index (Phi) is 15.5. The number of hydrogen-bond donors (Lipinski definition) is 3. The predicted molar refractivity (Wildman–Crippen MR) is 129 cm³/mol. The van der Waals surface area contributed by atoms with Crippen molar-refractivity contribution >= 4 is 5.97 Å². The molecule has 1 heterocycles. The number of hydrogen-bond acceptors (Lipinski definition) is 7. The summed E-state index contributed by atoms with van der Waals surface area (Å²) in [5, 5.41) is 29.1. The van der Waals surface area contributed by atoms with E-state index in [4.69, 9.17) is 14.2 Å². The van der Waals surface area contributed by atoms with Crippen LogP contribution in [0.25, 0.3) is 0 Å². The van der Waals surface area contributed by atoms with Crippen LogP contribution in [0.4, 0.5) is 0 Å². The summed E-state index contributed by atoms with van der Waals surface area (Å²) in [6, 6.07) is 0. The van der Waals surface area contributed by atoms with Gasteiger partial charge in [-0.05, 0) is 20.3 Å². The van der Waals surface area contributed by atoms with Crippen molar-refractivity contribution in [1.82, 2.24) is 0 Å². The van der Waals surface area contributed by atoms with E-state index < -0.39 is 30.4 Å². The summed E-state index contributed by atoms with van der Waals surface area (Å²) in [4.78, 5) is 12.2. The van der Waals surface area contributed by atoms with E-state index in [2.05, 4.69) is 6.92 Å². The molecule has 0 saturated carbocycles. The molecule has 7 nitrogen and oxygen atoms in total. The van der Waals surface area contributed by atoms with Crippen molar-refractivity contribution < 1.29 is 34.3 Å².